The third-order valence-corrected chi connectivity index (χ3v) is 3.33. The molecule has 116 valence electrons. The van der Waals surface area contributed by atoms with Gasteiger partial charge >= 0.3 is 0 Å². The minimum Gasteiger partial charge on any atom is -0.387 e. The predicted octanol–water partition coefficient (Wildman–Crippen LogP) is 2.75. The van der Waals surface area contributed by atoms with Crippen molar-refractivity contribution in [3.05, 3.63) is 71.3 Å². The minimum atomic E-state index is -0.919. The monoisotopic (exact) mass is 305 g/mol. The molecule has 0 heterocycles. The minimum absolute atomic E-state index is 0.0296. The molecule has 0 aliphatic carbocycles. The van der Waals surface area contributed by atoms with Gasteiger partial charge in [0.15, 0.2) is 11.6 Å². The zero-order valence-electron chi connectivity index (χ0n) is 11.9. The molecule has 2 rings (SSSR count). The molecule has 0 saturated carbocycles. The van der Waals surface area contributed by atoms with Crippen molar-refractivity contribution in [3.63, 3.8) is 0 Å². The van der Waals surface area contributed by atoms with Gasteiger partial charge in [0.25, 0.3) is 0 Å². The number of benzene rings is 2. The van der Waals surface area contributed by atoms with Crippen LogP contribution in [0, 0.1) is 11.6 Å². The first-order valence-corrected chi connectivity index (χ1v) is 7.00. The van der Waals surface area contributed by atoms with E-state index in [0.717, 1.165) is 6.07 Å². The van der Waals surface area contributed by atoms with Crippen molar-refractivity contribution in [2.75, 3.05) is 6.54 Å². The average molecular weight is 305 g/mol. The molecule has 0 aliphatic rings. The fourth-order valence-electron chi connectivity index (χ4n) is 2.08. The lowest BCUT2D eigenvalue weighted by molar-refractivity contribution is -0.121. The molecule has 2 aromatic carbocycles. The van der Waals surface area contributed by atoms with Crippen LogP contribution in [-0.2, 0) is 11.2 Å². The van der Waals surface area contributed by atoms with E-state index in [0.29, 0.717) is 5.56 Å². The Labute approximate surface area is 127 Å². The average Bonchev–Trinajstić information content (AvgIpc) is 2.54. The molecule has 0 aromatic heterocycles. The SMILES string of the molecule is O=C(CCc1cccc(F)c1F)NC[C@H](O)c1ccccc1. The first kappa shape index (κ1) is 16.1. The molecule has 0 spiro atoms. The molecular formula is C17H17F2NO2. The summed E-state index contributed by atoms with van der Waals surface area (Å²) in [7, 11) is 0. The van der Waals surface area contributed by atoms with E-state index in [2.05, 4.69) is 5.32 Å². The number of rotatable bonds is 6. The normalized spacial score (nSPS) is 12.0. The van der Waals surface area contributed by atoms with Gasteiger partial charge in [0.1, 0.15) is 0 Å². The molecule has 3 nitrogen and oxygen atoms in total. The summed E-state index contributed by atoms with van der Waals surface area (Å²) in [6.45, 7) is 0.0779. The Morgan fingerprint density at radius 2 is 1.82 bits per heavy atom. The van der Waals surface area contributed by atoms with Crippen LogP contribution in [0.1, 0.15) is 23.7 Å². The lowest BCUT2D eigenvalue weighted by Gasteiger charge is -2.12. The maximum absolute atomic E-state index is 13.4. The Morgan fingerprint density at radius 1 is 1.09 bits per heavy atom. The Kier molecular flexibility index (Phi) is 5.61. The third kappa shape index (κ3) is 4.36. The Morgan fingerprint density at radius 3 is 2.55 bits per heavy atom. The van der Waals surface area contributed by atoms with Crippen LogP contribution in [0.4, 0.5) is 8.78 Å². The highest BCUT2D eigenvalue weighted by molar-refractivity contribution is 5.76. The summed E-state index contributed by atoms with van der Waals surface area (Å²) in [6.07, 6.45) is -0.658. The molecule has 2 aromatic rings. The van der Waals surface area contributed by atoms with Crippen LogP contribution in [0.3, 0.4) is 0 Å². The lowest BCUT2D eigenvalue weighted by atomic mass is 10.1. The van der Waals surface area contributed by atoms with Gasteiger partial charge in [-0.05, 0) is 23.6 Å². The lowest BCUT2D eigenvalue weighted by Crippen LogP contribution is -2.28. The molecule has 0 unspecified atom stereocenters. The van der Waals surface area contributed by atoms with Gasteiger partial charge in [-0.15, -0.1) is 0 Å². The third-order valence-electron chi connectivity index (χ3n) is 3.33. The number of carbonyl (C=O) groups excluding carboxylic acids is 1. The van der Waals surface area contributed by atoms with Gasteiger partial charge in [0.2, 0.25) is 5.91 Å². The summed E-state index contributed by atoms with van der Waals surface area (Å²) in [5, 5.41) is 12.5. The molecule has 0 radical (unpaired) electrons. The number of hydrogen-bond acceptors (Lipinski definition) is 2. The van der Waals surface area contributed by atoms with Crippen molar-refractivity contribution in [1.29, 1.82) is 0 Å². The zero-order valence-corrected chi connectivity index (χ0v) is 11.9. The maximum Gasteiger partial charge on any atom is 0.220 e. The molecule has 1 atom stereocenters. The number of halogens is 2. The number of carbonyl (C=O) groups is 1. The number of hydrogen-bond donors (Lipinski definition) is 2. The molecule has 0 aliphatic heterocycles. The summed E-state index contributed by atoms with van der Waals surface area (Å²) in [4.78, 5) is 11.7. The van der Waals surface area contributed by atoms with E-state index < -0.39 is 17.7 Å². The van der Waals surface area contributed by atoms with Crippen molar-refractivity contribution in [2.45, 2.75) is 18.9 Å². The molecule has 22 heavy (non-hydrogen) atoms. The van der Waals surface area contributed by atoms with Crippen molar-refractivity contribution >= 4 is 5.91 Å². The van der Waals surface area contributed by atoms with Crippen molar-refractivity contribution in [3.8, 4) is 0 Å². The second kappa shape index (κ2) is 7.66. The van der Waals surface area contributed by atoms with Crippen molar-refractivity contribution < 1.29 is 18.7 Å². The van der Waals surface area contributed by atoms with E-state index in [1.165, 1.54) is 12.1 Å². The zero-order chi connectivity index (χ0) is 15.9. The van der Waals surface area contributed by atoms with Crippen molar-refractivity contribution in [2.24, 2.45) is 0 Å². The Hall–Kier alpha value is -2.27. The molecule has 0 bridgehead atoms. The molecular weight excluding hydrogens is 288 g/mol. The Bertz CT molecular complexity index is 632. The van der Waals surface area contributed by atoms with E-state index in [1.807, 2.05) is 6.07 Å². The maximum atomic E-state index is 13.4. The van der Waals surface area contributed by atoms with E-state index in [9.17, 15) is 18.7 Å². The molecule has 0 fully saturated rings. The van der Waals surface area contributed by atoms with Crippen LogP contribution in [-0.4, -0.2) is 17.6 Å². The predicted molar refractivity (Wildman–Crippen MR) is 79.1 cm³/mol. The van der Waals surface area contributed by atoms with Gasteiger partial charge in [0.05, 0.1) is 6.10 Å². The first-order chi connectivity index (χ1) is 10.6. The summed E-state index contributed by atoms with van der Waals surface area (Å²) in [6, 6.07) is 12.9. The number of nitrogens with one attached hydrogen (secondary N) is 1. The molecule has 0 saturated heterocycles. The highest BCUT2D eigenvalue weighted by atomic mass is 19.2. The van der Waals surface area contributed by atoms with Gasteiger partial charge in [0, 0.05) is 13.0 Å². The van der Waals surface area contributed by atoms with Gasteiger partial charge in [-0.25, -0.2) is 8.78 Å². The van der Waals surface area contributed by atoms with Crippen LogP contribution in [0.2, 0.25) is 0 Å². The number of aliphatic hydroxyl groups excluding tert-OH is 1. The second-order valence-corrected chi connectivity index (χ2v) is 4.94. The van der Waals surface area contributed by atoms with E-state index in [4.69, 9.17) is 0 Å². The number of amides is 1. The summed E-state index contributed by atoms with van der Waals surface area (Å²) in [5.41, 5.74) is 0.873. The van der Waals surface area contributed by atoms with Gasteiger partial charge < -0.3 is 10.4 Å². The second-order valence-electron chi connectivity index (χ2n) is 4.94. The fraction of sp³-hybridized carbons (Fsp3) is 0.235. The summed E-state index contributed by atoms with van der Waals surface area (Å²) >= 11 is 0. The van der Waals surface area contributed by atoms with E-state index in [1.54, 1.807) is 24.3 Å². The summed E-state index contributed by atoms with van der Waals surface area (Å²) in [5.74, 6) is -2.16. The van der Waals surface area contributed by atoms with Gasteiger partial charge in [-0.2, -0.15) is 0 Å². The van der Waals surface area contributed by atoms with Crippen LogP contribution >= 0.6 is 0 Å². The quantitative estimate of drug-likeness (QED) is 0.862. The van der Waals surface area contributed by atoms with Crippen LogP contribution in [0.5, 0.6) is 0 Å². The molecule has 2 N–H and O–H groups in total. The molecule has 5 heteroatoms. The smallest absolute Gasteiger partial charge is 0.220 e. The number of aryl methyl sites for hydroxylation is 1. The van der Waals surface area contributed by atoms with Crippen molar-refractivity contribution in [1.82, 2.24) is 5.32 Å². The largest absolute Gasteiger partial charge is 0.387 e. The van der Waals surface area contributed by atoms with E-state index >= 15 is 0 Å². The highest BCUT2D eigenvalue weighted by Gasteiger charge is 2.11. The van der Waals surface area contributed by atoms with Crippen LogP contribution in [0.15, 0.2) is 48.5 Å². The first-order valence-electron chi connectivity index (χ1n) is 7.00. The van der Waals surface area contributed by atoms with Gasteiger partial charge in [-0.3, -0.25) is 4.79 Å². The standard InChI is InChI=1S/C17H17F2NO2/c18-14-8-4-7-13(17(14)19)9-10-16(22)20-11-15(21)12-5-2-1-3-6-12/h1-8,15,21H,9-11H2,(H,20,22)/t15-/m0/s1. The topological polar surface area (TPSA) is 49.3 Å². The summed E-state index contributed by atoms with van der Waals surface area (Å²) < 4.78 is 26.5. The van der Waals surface area contributed by atoms with Crippen LogP contribution < -0.4 is 5.32 Å². The highest BCUT2D eigenvalue weighted by Crippen LogP contribution is 2.13. The van der Waals surface area contributed by atoms with Gasteiger partial charge in [-0.1, -0.05) is 42.5 Å². The number of aliphatic hydroxyl groups is 1. The van der Waals surface area contributed by atoms with E-state index in [-0.39, 0.29) is 30.9 Å². The van der Waals surface area contributed by atoms with Crippen LogP contribution in [0.25, 0.3) is 0 Å². The molecule has 1 amide bonds. The fourth-order valence-corrected chi connectivity index (χ4v) is 2.08. The Balaban J connectivity index is 1.80.